The van der Waals surface area contributed by atoms with Crippen molar-refractivity contribution < 1.29 is 4.79 Å². The van der Waals surface area contributed by atoms with Crippen LogP contribution < -0.4 is 5.09 Å². The Morgan fingerprint density at radius 1 is 1.53 bits per heavy atom. The van der Waals surface area contributed by atoms with Gasteiger partial charge >= 0.3 is 0 Å². The average Bonchev–Trinajstić information content (AvgIpc) is 3.01. The molecule has 4 heteroatoms. The highest BCUT2D eigenvalue weighted by Gasteiger charge is 2.32. The summed E-state index contributed by atoms with van der Waals surface area (Å²) in [5, 5.41) is 3.18. The summed E-state index contributed by atoms with van der Waals surface area (Å²) in [5.41, 5.74) is 0. The molecule has 0 aromatic rings. The Morgan fingerprint density at radius 3 is 2.93 bits per heavy atom. The van der Waals surface area contributed by atoms with Gasteiger partial charge in [-0.05, 0) is 31.6 Å². The van der Waals surface area contributed by atoms with Crippen LogP contribution in [0.25, 0.3) is 0 Å². The quantitative estimate of drug-likeness (QED) is 0.296. The molecule has 0 bridgehead atoms. The normalized spacial score (nSPS) is 24.4. The van der Waals surface area contributed by atoms with E-state index in [9.17, 15) is 4.79 Å². The van der Waals surface area contributed by atoms with E-state index in [1.807, 2.05) is 7.05 Å². The van der Waals surface area contributed by atoms with Crippen molar-refractivity contribution in [3.63, 3.8) is 0 Å². The van der Waals surface area contributed by atoms with Crippen LogP contribution in [0.1, 0.15) is 25.7 Å². The minimum atomic E-state index is 0.687. The van der Waals surface area contributed by atoms with Gasteiger partial charge in [0.25, 0.3) is 0 Å². The number of nitrogens with zero attached hydrogens (tertiary/aromatic N) is 1. The highest BCUT2D eigenvalue weighted by molar-refractivity contribution is 7.13. The number of hydrogen-bond donors (Lipinski definition) is 1. The van der Waals surface area contributed by atoms with E-state index in [-0.39, 0.29) is 0 Å². The summed E-state index contributed by atoms with van der Waals surface area (Å²) in [7, 11) is 4.39. The molecule has 1 amide bonds. The van der Waals surface area contributed by atoms with Crippen LogP contribution in [-0.4, -0.2) is 30.9 Å². The molecule has 86 valence electrons. The van der Waals surface area contributed by atoms with E-state index < -0.39 is 0 Å². The van der Waals surface area contributed by atoms with Crippen LogP contribution in [-0.2, 0) is 4.79 Å². The standard InChI is InChI=1S/C11H21N2OP/c1-13(9-14)7-5-3-2-4-6-10-8-11(10)12-15/h4,6,9-12H,2-3,5,7-8,15H2,1H3/b6-4-/t10-,11?/m1/s1. The number of hydrogen-bond acceptors (Lipinski definition) is 2. The van der Waals surface area contributed by atoms with Gasteiger partial charge in [-0.3, -0.25) is 9.88 Å². The number of unbranched alkanes of at least 4 members (excludes halogenated alkanes) is 2. The summed E-state index contributed by atoms with van der Waals surface area (Å²) in [6.45, 7) is 0.872. The van der Waals surface area contributed by atoms with Gasteiger partial charge in [-0.15, -0.1) is 0 Å². The number of nitrogens with one attached hydrogen (secondary N) is 1. The van der Waals surface area contributed by atoms with Crippen molar-refractivity contribution in [1.29, 1.82) is 0 Å². The Bertz CT molecular complexity index is 221. The third kappa shape index (κ3) is 5.29. The highest BCUT2D eigenvalue weighted by atomic mass is 31.0. The largest absolute Gasteiger partial charge is 0.348 e. The van der Waals surface area contributed by atoms with Crippen LogP contribution in [0, 0.1) is 5.92 Å². The van der Waals surface area contributed by atoms with Gasteiger partial charge < -0.3 is 4.90 Å². The molecule has 0 spiro atoms. The molecule has 1 aliphatic rings. The zero-order valence-electron chi connectivity index (χ0n) is 9.36. The fourth-order valence-corrected chi connectivity index (χ4v) is 1.95. The lowest BCUT2D eigenvalue weighted by molar-refractivity contribution is -0.117. The molecular weight excluding hydrogens is 207 g/mol. The molecule has 0 aliphatic heterocycles. The van der Waals surface area contributed by atoms with Crippen molar-refractivity contribution in [2.45, 2.75) is 31.7 Å². The second-order valence-corrected chi connectivity index (χ2v) is 4.52. The fourth-order valence-electron chi connectivity index (χ4n) is 1.57. The molecule has 2 unspecified atom stereocenters. The topological polar surface area (TPSA) is 32.3 Å². The first-order chi connectivity index (χ1) is 7.27. The van der Waals surface area contributed by atoms with Gasteiger partial charge in [-0.2, -0.15) is 0 Å². The molecule has 1 saturated carbocycles. The molecule has 1 aliphatic carbocycles. The number of allylic oxidation sites excluding steroid dienone is 1. The molecule has 0 heterocycles. The van der Waals surface area contributed by atoms with Crippen LogP contribution in [0.4, 0.5) is 0 Å². The van der Waals surface area contributed by atoms with Gasteiger partial charge in [-0.25, -0.2) is 0 Å². The number of rotatable bonds is 8. The Hall–Kier alpha value is -0.400. The maximum atomic E-state index is 10.3. The summed E-state index contributed by atoms with van der Waals surface area (Å²) in [6.07, 6.45) is 10.1. The number of carbonyl (C=O) groups is 1. The number of carbonyl (C=O) groups excluding carboxylic acids is 1. The first-order valence-corrected chi connectivity index (χ1v) is 6.14. The zero-order chi connectivity index (χ0) is 11.1. The fraction of sp³-hybridized carbons (Fsp3) is 0.727. The lowest BCUT2D eigenvalue weighted by Crippen LogP contribution is -2.16. The third-order valence-electron chi connectivity index (χ3n) is 2.75. The highest BCUT2D eigenvalue weighted by Crippen LogP contribution is 2.32. The van der Waals surface area contributed by atoms with Crippen molar-refractivity contribution in [3.05, 3.63) is 12.2 Å². The predicted molar refractivity (Wildman–Crippen MR) is 66.4 cm³/mol. The summed E-state index contributed by atoms with van der Waals surface area (Å²) in [4.78, 5) is 12.0. The first-order valence-electron chi connectivity index (χ1n) is 5.56. The zero-order valence-corrected chi connectivity index (χ0v) is 10.5. The maximum Gasteiger partial charge on any atom is 0.209 e. The maximum absolute atomic E-state index is 10.3. The van der Waals surface area contributed by atoms with E-state index in [2.05, 4.69) is 26.6 Å². The molecular formula is C11H21N2OP. The summed E-state index contributed by atoms with van der Waals surface area (Å²) in [5.74, 6) is 0.750. The molecule has 0 aromatic heterocycles. The Labute approximate surface area is 94.6 Å². The lowest BCUT2D eigenvalue weighted by Gasteiger charge is -2.08. The second-order valence-electron chi connectivity index (χ2n) is 4.18. The molecule has 1 rings (SSSR count). The Kier molecular flexibility index (Phi) is 5.89. The van der Waals surface area contributed by atoms with Crippen molar-refractivity contribution in [1.82, 2.24) is 9.99 Å². The van der Waals surface area contributed by atoms with Crippen LogP contribution in [0.5, 0.6) is 0 Å². The average molecular weight is 228 g/mol. The van der Waals surface area contributed by atoms with E-state index in [1.54, 1.807) is 4.90 Å². The Morgan fingerprint density at radius 2 is 2.33 bits per heavy atom. The van der Waals surface area contributed by atoms with Gasteiger partial charge in [-0.1, -0.05) is 21.5 Å². The summed E-state index contributed by atoms with van der Waals surface area (Å²) in [6, 6.07) is 0.687. The third-order valence-corrected chi connectivity index (χ3v) is 3.18. The van der Waals surface area contributed by atoms with Gasteiger partial charge in [0.2, 0.25) is 6.41 Å². The van der Waals surface area contributed by atoms with E-state index in [1.165, 1.54) is 12.8 Å². The molecule has 1 fully saturated rings. The molecule has 1 N–H and O–H groups in total. The molecule has 0 radical (unpaired) electrons. The molecule has 0 aromatic carbocycles. The minimum Gasteiger partial charge on any atom is -0.348 e. The molecule has 0 saturated heterocycles. The van der Waals surface area contributed by atoms with Crippen molar-refractivity contribution in [3.8, 4) is 0 Å². The predicted octanol–water partition coefficient (Wildman–Crippen LogP) is 1.57. The van der Waals surface area contributed by atoms with Crippen molar-refractivity contribution in [2.75, 3.05) is 13.6 Å². The van der Waals surface area contributed by atoms with E-state index in [4.69, 9.17) is 0 Å². The Balaban J connectivity index is 1.91. The van der Waals surface area contributed by atoms with E-state index in [0.717, 1.165) is 31.7 Å². The summed E-state index contributed by atoms with van der Waals surface area (Å²) >= 11 is 0. The van der Waals surface area contributed by atoms with E-state index >= 15 is 0 Å². The lowest BCUT2D eigenvalue weighted by atomic mass is 10.2. The monoisotopic (exact) mass is 228 g/mol. The van der Waals surface area contributed by atoms with E-state index in [0.29, 0.717) is 6.04 Å². The van der Waals surface area contributed by atoms with Crippen LogP contribution in [0.15, 0.2) is 12.2 Å². The van der Waals surface area contributed by atoms with Gasteiger partial charge in [0, 0.05) is 19.6 Å². The SMILES string of the molecule is CN(C=O)CCCC/C=C\[C@@H]1CC1NP. The summed E-state index contributed by atoms with van der Waals surface area (Å²) < 4.78 is 0. The first kappa shape index (κ1) is 12.7. The van der Waals surface area contributed by atoms with Crippen LogP contribution in [0.3, 0.4) is 0 Å². The van der Waals surface area contributed by atoms with Crippen molar-refractivity contribution in [2.24, 2.45) is 5.92 Å². The van der Waals surface area contributed by atoms with Gasteiger partial charge in [0.15, 0.2) is 0 Å². The molecule has 3 atom stereocenters. The molecule has 15 heavy (non-hydrogen) atoms. The van der Waals surface area contributed by atoms with Crippen molar-refractivity contribution >= 4 is 15.8 Å². The number of amides is 1. The van der Waals surface area contributed by atoms with Gasteiger partial charge in [0.05, 0.1) is 0 Å². The van der Waals surface area contributed by atoms with Crippen LogP contribution >= 0.6 is 9.39 Å². The smallest absolute Gasteiger partial charge is 0.209 e. The van der Waals surface area contributed by atoms with Gasteiger partial charge in [0.1, 0.15) is 0 Å². The minimum absolute atomic E-state index is 0.687. The second kappa shape index (κ2) is 6.97. The molecule has 3 nitrogen and oxygen atoms in total. The van der Waals surface area contributed by atoms with Crippen LogP contribution in [0.2, 0.25) is 0 Å².